The summed E-state index contributed by atoms with van der Waals surface area (Å²) in [6, 6.07) is 9.45. The summed E-state index contributed by atoms with van der Waals surface area (Å²) in [5.41, 5.74) is -2.37. The fourth-order valence-electron chi connectivity index (χ4n) is 3.60. The summed E-state index contributed by atoms with van der Waals surface area (Å²) >= 11 is 5.61. The predicted molar refractivity (Wildman–Crippen MR) is 129 cm³/mol. The Morgan fingerprint density at radius 2 is 1.92 bits per heavy atom. The molecular formula is C24H24F3N3O5S. The number of alkyl halides is 3. The van der Waals surface area contributed by atoms with Gasteiger partial charge < -0.3 is 34.3 Å². The van der Waals surface area contributed by atoms with Crippen molar-refractivity contribution in [1.82, 2.24) is 0 Å². The van der Waals surface area contributed by atoms with Crippen LogP contribution in [-0.2, 0) is 11.0 Å². The van der Waals surface area contributed by atoms with Crippen LogP contribution >= 0.6 is 12.2 Å². The number of nitriles is 1. The minimum Gasteiger partial charge on any atom is -0.486 e. The highest BCUT2D eigenvalue weighted by molar-refractivity contribution is 7.80. The Kier molecular flexibility index (Phi) is 7.78. The zero-order chi connectivity index (χ0) is 26.8. The van der Waals surface area contributed by atoms with Crippen molar-refractivity contribution in [2.45, 2.75) is 37.8 Å². The second kappa shape index (κ2) is 10.3. The van der Waals surface area contributed by atoms with Crippen molar-refractivity contribution in [1.29, 1.82) is 5.26 Å². The van der Waals surface area contributed by atoms with E-state index in [0.717, 1.165) is 12.1 Å². The lowest BCUT2D eigenvalue weighted by atomic mass is 10.0. The highest BCUT2D eigenvalue weighted by Gasteiger charge is 2.36. The summed E-state index contributed by atoms with van der Waals surface area (Å²) in [5, 5.41) is 28.0. The number of ether oxygens (including phenoxy) is 2. The van der Waals surface area contributed by atoms with Gasteiger partial charge >= 0.3 is 6.18 Å². The smallest absolute Gasteiger partial charge is 0.417 e. The molecular weight excluding hydrogens is 499 g/mol. The first-order valence-electron chi connectivity index (χ1n) is 10.7. The third kappa shape index (κ3) is 5.38. The number of anilines is 2. The van der Waals surface area contributed by atoms with Crippen LogP contribution in [-0.4, -0.2) is 59.6 Å². The molecule has 0 saturated heterocycles. The molecule has 0 amide bonds. The van der Waals surface area contributed by atoms with E-state index < -0.39 is 41.7 Å². The molecule has 1 heterocycles. The van der Waals surface area contributed by atoms with Crippen LogP contribution in [0.3, 0.4) is 0 Å². The van der Waals surface area contributed by atoms with Gasteiger partial charge in [-0.1, -0.05) is 0 Å². The van der Waals surface area contributed by atoms with Crippen molar-refractivity contribution in [2.24, 2.45) is 0 Å². The molecule has 0 aromatic heterocycles. The standard InChI is InChI=1S/C24H24F3N3O5S/c1-23(2,13-32)30(16-6-7-19-20(9-16)34-12-21(35-19)18(33)11-31)22(36)29(3)15-5-4-14(10-28)17(8-15)24(25,26)27/h4-9,13,18,21,31,33H,11-12H2,1-3H3. The molecule has 36 heavy (non-hydrogen) atoms. The maximum atomic E-state index is 13.5. The number of nitrogens with zero attached hydrogens (tertiary/aromatic N) is 3. The molecule has 2 aromatic carbocycles. The number of thiocarbonyl (C=S) groups is 1. The SMILES string of the molecule is CN(C(=S)N(c1ccc2c(c1)OCC(C(O)CO)O2)C(C)(C)C=O)c1ccc(C#N)c(C(F)(F)F)c1. The molecule has 3 rings (SSSR count). The van der Waals surface area contributed by atoms with Crippen LogP contribution in [0.5, 0.6) is 11.5 Å². The topological polar surface area (TPSA) is 106 Å². The molecule has 0 fully saturated rings. The van der Waals surface area contributed by atoms with E-state index in [2.05, 4.69) is 0 Å². The Balaban J connectivity index is 2.00. The summed E-state index contributed by atoms with van der Waals surface area (Å²) in [4.78, 5) is 14.8. The number of aldehydes is 1. The van der Waals surface area contributed by atoms with E-state index >= 15 is 0 Å². The number of fused-ring (bicyclic) bond motifs is 1. The van der Waals surface area contributed by atoms with E-state index in [0.29, 0.717) is 23.5 Å². The Morgan fingerprint density at radius 3 is 2.50 bits per heavy atom. The molecule has 2 atom stereocenters. The van der Waals surface area contributed by atoms with Gasteiger partial charge in [0.25, 0.3) is 0 Å². The highest BCUT2D eigenvalue weighted by atomic mass is 32.1. The number of benzene rings is 2. The summed E-state index contributed by atoms with van der Waals surface area (Å²) in [6.07, 6.45) is -6.01. The van der Waals surface area contributed by atoms with E-state index in [1.165, 1.54) is 29.0 Å². The van der Waals surface area contributed by atoms with Crippen LogP contribution in [0.2, 0.25) is 0 Å². The van der Waals surface area contributed by atoms with Gasteiger partial charge in [0.05, 0.1) is 29.3 Å². The number of aliphatic hydroxyl groups is 2. The molecule has 12 heteroatoms. The van der Waals surface area contributed by atoms with E-state index in [9.17, 15) is 23.1 Å². The summed E-state index contributed by atoms with van der Waals surface area (Å²) in [6.45, 7) is 2.63. The van der Waals surface area contributed by atoms with Gasteiger partial charge in [-0.25, -0.2) is 0 Å². The van der Waals surface area contributed by atoms with Crippen molar-refractivity contribution >= 4 is 35.0 Å². The molecule has 0 saturated carbocycles. The van der Waals surface area contributed by atoms with Crippen LogP contribution < -0.4 is 19.3 Å². The van der Waals surface area contributed by atoms with Gasteiger partial charge in [0.1, 0.15) is 19.0 Å². The van der Waals surface area contributed by atoms with Crippen molar-refractivity contribution in [3.05, 3.63) is 47.5 Å². The molecule has 0 radical (unpaired) electrons. The van der Waals surface area contributed by atoms with Gasteiger partial charge in [-0.2, -0.15) is 18.4 Å². The molecule has 192 valence electrons. The van der Waals surface area contributed by atoms with Gasteiger partial charge in [0.2, 0.25) is 0 Å². The summed E-state index contributed by atoms with van der Waals surface area (Å²) < 4.78 is 51.8. The zero-order valence-corrected chi connectivity index (χ0v) is 20.4. The maximum absolute atomic E-state index is 13.5. The number of hydrogen-bond acceptors (Lipinski definition) is 7. The van der Waals surface area contributed by atoms with Gasteiger partial charge in [-0.15, -0.1) is 0 Å². The first-order chi connectivity index (χ1) is 16.8. The first kappa shape index (κ1) is 27.2. The van der Waals surface area contributed by atoms with Crippen molar-refractivity contribution in [3.63, 3.8) is 0 Å². The highest BCUT2D eigenvalue weighted by Crippen LogP contribution is 2.39. The quantitative estimate of drug-likeness (QED) is 0.436. The number of hydrogen-bond donors (Lipinski definition) is 2. The second-order valence-corrected chi connectivity index (χ2v) is 9.00. The molecule has 0 aliphatic carbocycles. The molecule has 2 unspecified atom stereocenters. The van der Waals surface area contributed by atoms with E-state index in [-0.39, 0.29) is 17.4 Å². The number of rotatable bonds is 6. The minimum absolute atomic E-state index is 0.00943. The van der Waals surface area contributed by atoms with Crippen LogP contribution in [0.25, 0.3) is 0 Å². The average molecular weight is 524 g/mol. The lowest BCUT2D eigenvalue weighted by molar-refractivity contribution is -0.137. The van der Waals surface area contributed by atoms with E-state index in [1.54, 1.807) is 32.0 Å². The fourth-order valence-corrected chi connectivity index (χ4v) is 4.04. The summed E-state index contributed by atoms with van der Waals surface area (Å²) in [7, 11) is 1.46. The number of carbonyl (C=O) groups excluding carboxylic acids is 1. The minimum atomic E-state index is -4.75. The molecule has 0 bridgehead atoms. The number of halogens is 3. The average Bonchev–Trinajstić information content (AvgIpc) is 2.86. The fraction of sp³-hybridized carbons (Fsp3) is 0.375. The molecule has 0 spiro atoms. The molecule has 8 nitrogen and oxygen atoms in total. The normalized spacial score (nSPS) is 16.0. The molecule has 2 N–H and O–H groups in total. The predicted octanol–water partition coefficient (Wildman–Crippen LogP) is 3.28. The number of carbonyl (C=O) groups is 1. The van der Waals surface area contributed by atoms with Gasteiger partial charge in [0, 0.05) is 24.5 Å². The van der Waals surface area contributed by atoms with Crippen LogP contribution in [0.15, 0.2) is 36.4 Å². The van der Waals surface area contributed by atoms with Gasteiger partial charge in [-0.3, -0.25) is 0 Å². The molecule has 1 aliphatic heterocycles. The zero-order valence-electron chi connectivity index (χ0n) is 19.6. The Hall–Kier alpha value is -3.40. The van der Waals surface area contributed by atoms with E-state index in [1.807, 2.05) is 0 Å². The monoisotopic (exact) mass is 523 g/mol. The van der Waals surface area contributed by atoms with Crippen LogP contribution in [0, 0.1) is 11.3 Å². The number of aliphatic hydroxyl groups excluding tert-OH is 2. The maximum Gasteiger partial charge on any atom is 0.417 e. The lowest BCUT2D eigenvalue weighted by Crippen LogP contribution is -2.54. The van der Waals surface area contributed by atoms with Gasteiger partial charge in [-0.05, 0) is 56.4 Å². The first-order valence-corrected chi connectivity index (χ1v) is 11.1. The van der Waals surface area contributed by atoms with Crippen LogP contribution in [0.4, 0.5) is 24.5 Å². The Morgan fingerprint density at radius 1 is 1.25 bits per heavy atom. The van der Waals surface area contributed by atoms with Gasteiger partial charge in [0.15, 0.2) is 22.7 Å². The largest absolute Gasteiger partial charge is 0.486 e. The Bertz CT molecular complexity index is 1200. The Labute approximate surface area is 211 Å². The van der Waals surface area contributed by atoms with Crippen LogP contribution in [0.1, 0.15) is 25.0 Å². The lowest BCUT2D eigenvalue weighted by Gasteiger charge is -2.40. The second-order valence-electron chi connectivity index (χ2n) is 8.64. The molecule has 1 aliphatic rings. The third-order valence-electron chi connectivity index (χ3n) is 5.64. The van der Waals surface area contributed by atoms with E-state index in [4.69, 9.17) is 32.1 Å². The summed E-state index contributed by atoms with van der Waals surface area (Å²) in [5.74, 6) is 0.594. The van der Waals surface area contributed by atoms with Crippen molar-refractivity contribution in [3.8, 4) is 17.6 Å². The third-order valence-corrected chi connectivity index (χ3v) is 6.10. The van der Waals surface area contributed by atoms with Crippen molar-refractivity contribution in [2.75, 3.05) is 30.1 Å². The molecule has 2 aromatic rings. The van der Waals surface area contributed by atoms with Crippen molar-refractivity contribution < 1.29 is 37.7 Å².